The molecule has 11 rings (SSSR count). The number of hydrogen-bond acceptors (Lipinski definition) is 16. The van der Waals surface area contributed by atoms with Gasteiger partial charge >= 0.3 is 212 Å². The third kappa shape index (κ3) is 25.4. The summed E-state index contributed by atoms with van der Waals surface area (Å²) in [5, 5.41) is 12.6. The Morgan fingerprint density at radius 3 is 1.26 bits per heavy atom. The quantitative estimate of drug-likeness (QED) is 0.0236. The second kappa shape index (κ2) is 39.8. The summed E-state index contributed by atoms with van der Waals surface area (Å²) in [4.78, 5) is 110. The van der Waals surface area contributed by atoms with Crippen LogP contribution in [-0.4, -0.2) is 175 Å². The summed E-state index contributed by atoms with van der Waals surface area (Å²) in [5.74, 6) is -7.12. The average Bonchev–Trinajstić information content (AvgIpc) is 0.899. The minimum atomic E-state index is -3.40. The number of carboxylic acids is 1. The number of benzene rings is 7. The van der Waals surface area contributed by atoms with E-state index in [0.717, 1.165) is 38.2 Å². The maximum atomic E-state index is 14.0. The Kier molecular flexibility index (Phi) is 31.6. The molecule has 0 bridgehead atoms. The zero-order chi connectivity index (χ0) is 82.3. The summed E-state index contributed by atoms with van der Waals surface area (Å²) in [5.41, 5.74) is 2.07. The first kappa shape index (κ1) is 89.0. The van der Waals surface area contributed by atoms with Gasteiger partial charge in [0.2, 0.25) is 0 Å². The van der Waals surface area contributed by atoms with Crippen molar-refractivity contribution in [2.45, 2.75) is 148 Å². The molecule has 7 aromatic carbocycles. The van der Waals surface area contributed by atoms with Crippen molar-refractivity contribution in [3.63, 3.8) is 0 Å². The first-order valence-electron chi connectivity index (χ1n) is 36.4. The van der Waals surface area contributed by atoms with Crippen LogP contribution in [0.4, 0.5) is 31.9 Å². The summed E-state index contributed by atoms with van der Waals surface area (Å²) in [7, 11) is 5.02. The van der Waals surface area contributed by atoms with Crippen molar-refractivity contribution in [2.24, 2.45) is 11.8 Å². The Morgan fingerprint density at radius 2 is 0.857 bits per heavy atom. The SMILES string of the molecule is CC(C)(C)OC(=O)N1C[C@@H](Cc2cccc(F)c2)C[C@H]1C(=O)O.COC(=O)[C@@H]1C/C(=C\c2cccc(F)c2)CN1C(=O)OC(C)(C)C.COC(=O)[C@@H]1CC(=O)CN1[B]C=O.COC(=O)[C@@H]1C[C@H](Cc2cccc(F)c2)CN1C(=O)OC(C)(C)C.Fc1cccc(CP(Cl)(c2ccccc2)(c2ccccc2)c2ccccc2)c1. The monoisotopic (exact) mass is 1580 g/mol. The molecule has 0 aliphatic carbocycles. The fourth-order valence-corrected chi connectivity index (χ4v) is 19.7. The van der Waals surface area contributed by atoms with Crippen LogP contribution in [0.15, 0.2) is 194 Å². The second-order valence-electron chi connectivity index (χ2n) is 30.5. The Bertz CT molecular complexity index is 4330. The standard InChI is InChI=1S/C25H21ClFP.C18H24FNO4.C18H22FNO4.C17H22FNO4.C7H9BNO4/c26-28(23-13-4-1-5-14-23,24-15-6-2-7-16-24,25-17-8-3-9-18-25)20-21-11-10-12-22(27)19-21;2*1-18(2,3)24-17(22)20-11-13(10-15(20)16(21)23-4)8-12-6-5-7-14(19)9-12;1-17(2,3)23-16(22)19-10-12(9-14(19)15(20)21)7-11-5-4-6-13(18)8-11;1-13-7(12)6-2-5(11)3-9(6)8-4-10/h1-19H,20H2;5-7,9,13,15H,8,10-11H2,1-4H3;5-9,15H,10-11H2,1-4H3;4-6,8,12,14H,7,9-10H2,1-3H3,(H,20,21);4,6H,2-3H2,1H3/b;;13-8+;;/t;13-,15-;15-;12-,14-;6-/m.0000/s1. The van der Waals surface area contributed by atoms with Gasteiger partial charge in [0.15, 0.2) is 0 Å². The van der Waals surface area contributed by atoms with E-state index in [1.807, 2.05) is 66.7 Å². The van der Waals surface area contributed by atoms with E-state index in [-0.39, 0.29) is 60.4 Å². The number of likely N-dealkylation sites (tertiary alicyclic amines) is 3. The Balaban J connectivity index is 0.000000197. The van der Waals surface area contributed by atoms with Crippen molar-refractivity contribution in [3.05, 3.63) is 239 Å². The van der Waals surface area contributed by atoms with E-state index in [1.165, 1.54) is 90.7 Å². The number of esters is 3. The molecule has 1 radical (unpaired) electrons. The number of hydrogen-bond donors (Lipinski definition) is 1. The molecule has 3 amide bonds. The predicted molar refractivity (Wildman–Crippen MR) is 423 cm³/mol. The molecule has 4 aliphatic heterocycles. The fraction of sp³-hybridized carbons (Fsp3) is 0.376. The number of aliphatic carboxylic acids is 1. The molecule has 0 saturated carbocycles. The van der Waals surface area contributed by atoms with Crippen LogP contribution in [0.25, 0.3) is 6.08 Å². The number of ketones is 1. The number of ether oxygens (including phenoxy) is 6. The molecule has 4 aliphatic rings. The van der Waals surface area contributed by atoms with E-state index >= 15 is 0 Å². The van der Waals surface area contributed by atoms with Gasteiger partial charge < -0.3 is 43.1 Å². The summed E-state index contributed by atoms with van der Waals surface area (Å²) in [6, 6.07) is 53.3. The molecule has 0 aromatic heterocycles. The van der Waals surface area contributed by atoms with E-state index in [2.05, 4.69) is 41.1 Å². The molecule has 7 aromatic rings. The number of carboxylic acid groups (broad SMARTS) is 1. The van der Waals surface area contributed by atoms with Crippen LogP contribution in [0.5, 0.6) is 0 Å². The zero-order valence-corrected chi connectivity index (χ0v) is 66.7. The Morgan fingerprint density at radius 1 is 0.482 bits per heavy atom. The third-order valence-corrected chi connectivity index (χ3v) is 25.5. The first-order chi connectivity index (χ1) is 52.8. The van der Waals surface area contributed by atoms with Crippen LogP contribution in [0.3, 0.4) is 0 Å². The van der Waals surface area contributed by atoms with Crippen molar-refractivity contribution in [3.8, 4) is 0 Å². The van der Waals surface area contributed by atoms with Crippen LogP contribution in [0.1, 0.15) is 110 Å². The Hall–Kier alpha value is -10.2. The summed E-state index contributed by atoms with van der Waals surface area (Å²) < 4.78 is 84.1. The molecule has 0 spiro atoms. The van der Waals surface area contributed by atoms with Crippen LogP contribution >= 0.6 is 17.2 Å². The fourth-order valence-electron chi connectivity index (χ4n) is 13.5. The minimum absolute atomic E-state index is 0.0366. The van der Waals surface area contributed by atoms with Gasteiger partial charge in [-0.25, -0.2) is 41.9 Å². The van der Waals surface area contributed by atoms with Gasteiger partial charge in [0.25, 0.3) is 7.41 Å². The van der Waals surface area contributed by atoms with Gasteiger partial charge in [-0.05, 0) is 158 Å². The van der Waals surface area contributed by atoms with Gasteiger partial charge in [-0.2, -0.15) is 0 Å². The van der Waals surface area contributed by atoms with E-state index in [1.54, 1.807) is 111 Å². The topological polar surface area (TPSA) is 242 Å². The zero-order valence-electron chi connectivity index (χ0n) is 65.1. The summed E-state index contributed by atoms with van der Waals surface area (Å²) in [6.07, 6.45) is 3.55. The van der Waals surface area contributed by atoms with Gasteiger partial charge in [0, 0.05) is 39.0 Å². The summed E-state index contributed by atoms with van der Waals surface area (Å²) in [6.45, 7) is 16.8. The van der Waals surface area contributed by atoms with Crippen molar-refractivity contribution < 1.29 is 94.2 Å². The number of carbonyl (C=O) groups is 9. The average molecular weight is 1580 g/mol. The first-order valence-corrected chi connectivity index (χ1v) is 39.8. The van der Waals surface area contributed by atoms with Gasteiger partial charge in [-0.1, -0.05) is 42.5 Å². The van der Waals surface area contributed by atoms with Gasteiger partial charge in [-0.3, -0.25) is 24.3 Å². The van der Waals surface area contributed by atoms with Crippen molar-refractivity contribution >= 4 is 101 Å². The van der Waals surface area contributed by atoms with E-state index in [9.17, 15) is 65.8 Å². The normalized spacial score (nSPS) is 18.9. The van der Waals surface area contributed by atoms with Gasteiger partial charge in [0.05, 0.1) is 27.5 Å². The third-order valence-electron chi connectivity index (χ3n) is 18.3. The molecule has 20 nitrogen and oxygen atoms in total. The number of methoxy groups -OCH3 is 3. The molecular formula is C85H98BClF4N4O16P. The van der Waals surface area contributed by atoms with E-state index < -0.39 is 89.1 Å². The predicted octanol–water partition coefficient (Wildman–Crippen LogP) is 14.3. The number of rotatable bonds is 16. The second-order valence-corrected chi connectivity index (χ2v) is 36.9. The molecule has 112 heavy (non-hydrogen) atoms. The number of nitrogens with zero attached hydrogens (tertiary/aromatic N) is 4. The molecule has 4 fully saturated rings. The molecule has 6 atom stereocenters. The van der Waals surface area contributed by atoms with Crippen molar-refractivity contribution in [2.75, 3.05) is 47.5 Å². The molecule has 4 heterocycles. The van der Waals surface area contributed by atoms with Gasteiger partial charge in [0.1, 0.15) is 64.2 Å². The van der Waals surface area contributed by atoms with E-state index in [4.69, 9.17) is 34.9 Å². The molecule has 1 N–H and O–H groups in total. The molecule has 4 saturated heterocycles. The molecule has 27 heteroatoms. The number of Topliss-reactive ketones (excluding diaryl/α,β-unsaturated/α-hetero) is 1. The maximum absolute atomic E-state index is 14.0. The molecular weight excluding hydrogens is 1490 g/mol. The Labute approximate surface area is 657 Å². The van der Waals surface area contributed by atoms with Crippen LogP contribution < -0.4 is 15.9 Å². The van der Waals surface area contributed by atoms with Crippen molar-refractivity contribution in [1.82, 2.24) is 19.5 Å². The summed E-state index contributed by atoms with van der Waals surface area (Å²) >= 11 is 7.97. The van der Waals surface area contributed by atoms with Crippen LogP contribution in [0, 0.1) is 35.1 Å². The number of amides is 3. The van der Waals surface area contributed by atoms with Crippen molar-refractivity contribution in [1.29, 1.82) is 0 Å². The molecule has 597 valence electrons. The van der Waals surface area contributed by atoms with Crippen LogP contribution in [-0.2, 0) is 76.2 Å². The molecule has 0 unspecified atom stereocenters. The van der Waals surface area contributed by atoms with E-state index in [0.29, 0.717) is 63.1 Å². The van der Waals surface area contributed by atoms with Crippen LogP contribution in [0.2, 0.25) is 0 Å². The number of halogens is 5. The number of carbonyl (C=O) groups excluding carboxylic acids is 8. The van der Waals surface area contributed by atoms with Gasteiger partial charge in [-0.15, -0.1) is 0 Å².